The standard InChI is InChI=1S/C19H15F3N2O5/c1-10(18(26)23-12-7-6-11(20)16(21)17(12)22)28-15(25)8-9-24-13-4-2-3-5-14(13)29-19(24)27/h2-7,10H,8-9H2,1H3,(H,23,26)/t10-/m0/s1. The van der Waals surface area contributed by atoms with E-state index < -0.39 is 46.9 Å². The molecule has 1 atom stereocenters. The summed E-state index contributed by atoms with van der Waals surface area (Å²) in [6.45, 7) is 1.19. The number of carbonyl (C=O) groups excluding carboxylic acids is 2. The van der Waals surface area contributed by atoms with E-state index in [1.165, 1.54) is 11.5 Å². The number of aryl methyl sites for hydroxylation is 1. The summed E-state index contributed by atoms with van der Waals surface area (Å²) in [6, 6.07) is 8.15. The van der Waals surface area contributed by atoms with E-state index in [1.807, 2.05) is 5.32 Å². The zero-order valence-electron chi connectivity index (χ0n) is 15.1. The van der Waals surface area contributed by atoms with Crippen LogP contribution in [0.25, 0.3) is 11.1 Å². The van der Waals surface area contributed by atoms with E-state index in [0.717, 1.165) is 6.07 Å². The van der Waals surface area contributed by atoms with Crippen LogP contribution in [0, 0.1) is 17.5 Å². The van der Waals surface area contributed by atoms with Crippen LogP contribution in [0.3, 0.4) is 0 Å². The minimum absolute atomic E-state index is 0.0409. The first kappa shape index (κ1) is 20.2. The molecule has 0 unspecified atom stereocenters. The number of hydrogen-bond acceptors (Lipinski definition) is 5. The van der Waals surface area contributed by atoms with Crippen LogP contribution in [-0.4, -0.2) is 22.5 Å². The highest BCUT2D eigenvalue weighted by Gasteiger charge is 2.21. The van der Waals surface area contributed by atoms with Crippen LogP contribution in [0.5, 0.6) is 0 Å². The second kappa shape index (κ2) is 8.21. The predicted octanol–water partition coefficient (Wildman–Crippen LogP) is 2.97. The number of ether oxygens (including phenoxy) is 1. The van der Waals surface area contributed by atoms with Gasteiger partial charge in [-0.3, -0.25) is 14.2 Å². The summed E-state index contributed by atoms with van der Waals surface area (Å²) in [7, 11) is 0. The van der Waals surface area contributed by atoms with Crippen molar-refractivity contribution in [3.63, 3.8) is 0 Å². The van der Waals surface area contributed by atoms with Gasteiger partial charge in [-0.25, -0.2) is 18.0 Å². The summed E-state index contributed by atoms with van der Waals surface area (Å²) in [5.41, 5.74) is 0.283. The third kappa shape index (κ3) is 4.31. The molecule has 0 bridgehead atoms. The summed E-state index contributed by atoms with van der Waals surface area (Å²) in [4.78, 5) is 35.9. The van der Waals surface area contributed by atoms with Crippen LogP contribution in [0.4, 0.5) is 18.9 Å². The van der Waals surface area contributed by atoms with Crippen LogP contribution in [0.15, 0.2) is 45.6 Å². The van der Waals surface area contributed by atoms with Gasteiger partial charge >= 0.3 is 11.7 Å². The molecule has 0 fully saturated rings. The Morgan fingerprint density at radius 3 is 2.62 bits per heavy atom. The molecule has 29 heavy (non-hydrogen) atoms. The van der Waals surface area contributed by atoms with Gasteiger partial charge in [-0.05, 0) is 31.2 Å². The summed E-state index contributed by atoms with van der Waals surface area (Å²) in [5, 5.41) is 2.02. The number of rotatable bonds is 6. The van der Waals surface area contributed by atoms with Gasteiger partial charge in [0.25, 0.3) is 5.91 Å². The Morgan fingerprint density at radius 1 is 1.14 bits per heavy atom. The number of nitrogens with one attached hydrogen (secondary N) is 1. The van der Waals surface area contributed by atoms with Crippen LogP contribution in [0.1, 0.15) is 13.3 Å². The van der Waals surface area contributed by atoms with Gasteiger partial charge in [0.2, 0.25) is 0 Å². The smallest absolute Gasteiger partial charge is 0.419 e. The van der Waals surface area contributed by atoms with Crippen molar-refractivity contribution in [2.75, 3.05) is 5.32 Å². The van der Waals surface area contributed by atoms with E-state index in [0.29, 0.717) is 17.2 Å². The predicted molar refractivity (Wildman–Crippen MR) is 95.6 cm³/mol. The first-order chi connectivity index (χ1) is 13.8. The van der Waals surface area contributed by atoms with Gasteiger partial charge in [-0.1, -0.05) is 12.1 Å². The van der Waals surface area contributed by atoms with E-state index in [1.54, 1.807) is 24.3 Å². The fraction of sp³-hybridized carbons (Fsp3) is 0.211. The lowest BCUT2D eigenvalue weighted by molar-refractivity contribution is -0.153. The first-order valence-electron chi connectivity index (χ1n) is 8.50. The van der Waals surface area contributed by atoms with Crippen molar-refractivity contribution in [1.82, 2.24) is 4.57 Å². The van der Waals surface area contributed by atoms with Crippen LogP contribution >= 0.6 is 0 Å². The molecule has 0 spiro atoms. The quantitative estimate of drug-likeness (QED) is 0.500. The van der Waals surface area contributed by atoms with Gasteiger partial charge in [-0.2, -0.15) is 0 Å². The SMILES string of the molecule is C[C@H](OC(=O)CCn1c(=O)oc2ccccc21)C(=O)Nc1ccc(F)c(F)c1F. The molecule has 152 valence electrons. The second-order valence-electron chi connectivity index (χ2n) is 6.08. The third-order valence-corrected chi connectivity index (χ3v) is 4.08. The molecule has 0 radical (unpaired) electrons. The van der Waals surface area contributed by atoms with Crippen molar-refractivity contribution in [3.8, 4) is 0 Å². The Balaban J connectivity index is 1.59. The Morgan fingerprint density at radius 2 is 1.86 bits per heavy atom. The Hall–Kier alpha value is -3.56. The van der Waals surface area contributed by atoms with Crippen molar-refractivity contribution in [1.29, 1.82) is 0 Å². The highest BCUT2D eigenvalue weighted by molar-refractivity contribution is 5.95. The van der Waals surface area contributed by atoms with Gasteiger partial charge < -0.3 is 14.5 Å². The number of anilines is 1. The number of fused-ring (bicyclic) bond motifs is 1. The molecule has 0 saturated carbocycles. The number of halogens is 3. The lowest BCUT2D eigenvalue weighted by Crippen LogP contribution is -2.31. The number of amides is 1. The van der Waals surface area contributed by atoms with Crippen LogP contribution in [0.2, 0.25) is 0 Å². The van der Waals surface area contributed by atoms with Crippen LogP contribution < -0.4 is 11.1 Å². The van der Waals surface area contributed by atoms with Gasteiger partial charge in [0, 0.05) is 6.54 Å². The molecule has 1 amide bonds. The maximum Gasteiger partial charge on any atom is 0.419 e. The fourth-order valence-electron chi connectivity index (χ4n) is 2.60. The molecule has 10 heteroatoms. The van der Waals surface area contributed by atoms with Crippen molar-refractivity contribution >= 4 is 28.7 Å². The minimum Gasteiger partial charge on any atom is -0.452 e. The van der Waals surface area contributed by atoms with E-state index in [4.69, 9.17) is 9.15 Å². The number of hydrogen-bond donors (Lipinski definition) is 1. The van der Waals surface area contributed by atoms with Gasteiger partial charge in [-0.15, -0.1) is 0 Å². The maximum absolute atomic E-state index is 13.6. The summed E-state index contributed by atoms with van der Waals surface area (Å²) in [5.74, 6) is -7.07. The van der Waals surface area contributed by atoms with E-state index in [9.17, 15) is 27.6 Å². The molecule has 7 nitrogen and oxygen atoms in total. The number of para-hydroxylation sites is 2. The highest BCUT2D eigenvalue weighted by Crippen LogP contribution is 2.20. The third-order valence-electron chi connectivity index (χ3n) is 4.08. The van der Waals surface area contributed by atoms with E-state index in [2.05, 4.69) is 0 Å². The molecule has 1 heterocycles. The summed E-state index contributed by atoms with van der Waals surface area (Å²) < 4.78 is 51.0. The Bertz CT molecular complexity index is 1140. The normalized spacial score (nSPS) is 12.0. The molecule has 2 aromatic carbocycles. The Kier molecular flexibility index (Phi) is 5.71. The molecular formula is C19H15F3N2O5. The molecule has 0 aliphatic rings. The Labute approximate surface area is 161 Å². The number of oxazole rings is 1. The first-order valence-corrected chi connectivity index (χ1v) is 8.50. The van der Waals surface area contributed by atoms with Crippen molar-refractivity contribution in [3.05, 3.63) is 64.4 Å². The summed E-state index contributed by atoms with van der Waals surface area (Å²) in [6.07, 6.45) is -1.58. The molecule has 0 aliphatic heterocycles. The monoisotopic (exact) mass is 408 g/mol. The number of nitrogens with zero attached hydrogens (tertiary/aromatic N) is 1. The molecular weight excluding hydrogens is 393 g/mol. The lowest BCUT2D eigenvalue weighted by Gasteiger charge is -2.14. The topological polar surface area (TPSA) is 90.5 Å². The molecule has 0 aliphatic carbocycles. The molecule has 1 aromatic heterocycles. The molecule has 3 aromatic rings. The largest absolute Gasteiger partial charge is 0.452 e. The average molecular weight is 408 g/mol. The highest BCUT2D eigenvalue weighted by atomic mass is 19.2. The van der Waals surface area contributed by atoms with Crippen molar-refractivity contribution < 1.29 is 31.9 Å². The molecule has 3 rings (SSSR count). The lowest BCUT2D eigenvalue weighted by atomic mass is 10.2. The maximum atomic E-state index is 13.6. The summed E-state index contributed by atoms with van der Waals surface area (Å²) >= 11 is 0. The van der Waals surface area contributed by atoms with Gasteiger partial charge in [0.1, 0.15) is 0 Å². The van der Waals surface area contributed by atoms with Gasteiger partial charge in [0.05, 0.1) is 17.6 Å². The molecule has 0 saturated heterocycles. The van der Waals surface area contributed by atoms with Gasteiger partial charge in [0.15, 0.2) is 29.1 Å². The number of aromatic nitrogens is 1. The zero-order valence-corrected chi connectivity index (χ0v) is 15.1. The molecule has 1 N–H and O–H groups in total. The van der Waals surface area contributed by atoms with Crippen molar-refractivity contribution in [2.24, 2.45) is 0 Å². The second-order valence-corrected chi connectivity index (χ2v) is 6.08. The van der Waals surface area contributed by atoms with E-state index >= 15 is 0 Å². The fourth-order valence-corrected chi connectivity index (χ4v) is 2.60. The zero-order chi connectivity index (χ0) is 21.1. The number of carbonyl (C=O) groups is 2. The average Bonchev–Trinajstić information content (AvgIpc) is 3.01. The van der Waals surface area contributed by atoms with E-state index in [-0.39, 0.29) is 13.0 Å². The van der Waals surface area contributed by atoms with Crippen molar-refractivity contribution in [2.45, 2.75) is 26.0 Å². The minimum atomic E-state index is -1.73. The van der Waals surface area contributed by atoms with Crippen LogP contribution in [-0.2, 0) is 20.9 Å². The number of benzene rings is 2. The number of esters is 1.